The Kier molecular flexibility index (Phi) is 6.95. The number of hydrogen-bond acceptors (Lipinski definition) is 10. The van der Waals surface area contributed by atoms with E-state index in [1.807, 2.05) is 0 Å². The van der Waals surface area contributed by atoms with Gasteiger partial charge in [-0.3, -0.25) is 9.59 Å². The number of aromatic nitrogens is 1. The van der Waals surface area contributed by atoms with Gasteiger partial charge in [-0.1, -0.05) is 17.3 Å². The zero-order valence-corrected chi connectivity index (χ0v) is 17.9. The molecule has 0 saturated carbocycles. The van der Waals surface area contributed by atoms with Crippen LogP contribution in [0, 0.1) is 0 Å². The molecule has 14 heteroatoms. The number of carbonyl (C=O) groups excluding carboxylic acids is 2. The van der Waals surface area contributed by atoms with Crippen molar-refractivity contribution in [3.63, 3.8) is 0 Å². The molecule has 0 saturated heterocycles. The summed E-state index contributed by atoms with van der Waals surface area (Å²) in [5.41, 5.74) is 5.92. The normalized spacial score (nSPS) is 16.4. The first kappa shape index (κ1) is 23.0. The number of carboxylic acid groups (broad SMARTS) is 1. The van der Waals surface area contributed by atoms with Crippen LogP contribution in [0.15, 0.2) is 28.7 Å². The highest BCUT2D eigenvalue weighted by atomic mass is 32.1. The Balaban J connectivity index is 1.82. The largest absolute Gasteiger partial charge is 0.547 e. The summed E-state index contributed by atoms with van der Waals surface area (Å²) in [6.45, 7) is 1.45. The molecule has 3 rings (SSSR count). The lowest BCUT2D eigenvalue weighted by Crippen LogP contribution is -2.54. The third-order valence-electron chi connectivity index (χ3n) is 4.56. The minimum atomic E-state index is -1.51. The molecule has 1 aromatic heterocycles. The number of aromatic carboxylic acids is 1. The Hall–Kier alpha value is -3.65. The van der Waals surface area contributed by atoms with Crippen molar-refractivity contribution in [2.75, 3.05) is 12.8 Å². The summed E-state index contributed by atoms with van der Waals surface area (Å²) in [5, 5.41) is 30.1. The maximum absolute atomic E-state index is 12.9. The molecule has 0 radical (unpaired) electrons. The van der Waals surface area contributed by atoms with Crippen molar-refractivity contribution in [2.24, 2.45) is 5.16 Å². The Morgan fingerprint density at radius 2 is 2.19 bits per heavy atom. The van der Waals surface area contributed by atoms with E-state index in [9.17, 15) is 24.5 Å². The number of nitrogens with one attached hydrogen (secondary N) is 2. The molecule has 12 nitrogen and oxygen atoms in total. The molecule has 1 aromatic carbocycles. The van der Waals surface area contributed by atoms with Gasteiger partial charge in [0.15, 0.2) is 10.8 Å². The molecule has 0 spiro atoms. The van der Waals surface area contributed by atoms with Crippen LogP contribution in [0.25, 0.3) is 0 Å². The summed E-state index contributed by atoms with van der Waals surface area (Å²) in [5.74, 6) is -3.29. The number of carboxylic acids is 1. The number of fused-ring (bicyclic) bond motifs is 1. The monoisotopic (exact) mass is 461 g/mol. The number of hydrogen-bond donors (Lipinski definition) is 5. The van der Waals surface area contributed by atoms with Gasteiger partial charge in [0.25, 0.3) is 11.8 Å². The van der Waals surface area contributed by atoms with Crippen LogP contribution in [0.4, 0.5) is 5.13 Å². The van der Waals surface area contributed by atoms with Gasteiger partial charge in [0.2, 0.25) is 6.10 Å². The maximum Gasteiger partial charge on any atom is 0.547 e. The van der Waals surface area contributed by atoms with Gasteiger partial charge in [-0.25, -0.2) is 9.78 Å². The van der Waals surface area contributed by atoms with Crippen molar-refractivity contribution in [3.8, 4) is 5.75 Å². The van der Waals surface area contributed by atoms with Crippen LogP contribution in [0.3, 0.4) is 0 Å². The zero-order chi connectivity index (χ0) is 23.4. The summed E-state index contributed by atoms with van der Waals surface area (Å²) >= 11 is 1.08. The Bertz CT molecular complexity index is 1080. The molecular weight excluding hydrogens is 441 g/mol. The van der Waals surface area contributed by atoms with Crippen molar-refractivity contribution < 1.29 is 34.0 Å². The highest BCUT2D eigenvalue weighted by molar-refractivity contribution is 7.13. The quantitative estimate of drug-likeness (QED) is 0.204. The summed E-state index contributed by atoms with van der Waals surface area (Å²) in [6, 6.07) is 4.54. The van der Waals surface area contributed by atoms with Gasteiger partial charge in [-0.05, 0) is 25.0 Å². The first-order chi connectivity index (χ1) is 15.2. The number of nitrogens with two attached hydrogens (primary N) is 1. The number of nitrogens with zero attached hydrogens (tertiary/aromatic N) is 2. The van der Waals surface area contributed by atoms with E-state index in [1.54, 1.807) is 12.1 Å². The van der Waals surface area contributed by atoms with E-state index in [-0.39, 0.29) is 34.3 Å². The molecule has 2 atom stereocenters. The Labute approximate surface area is 186 Å². The van der Waals surface area contributed by atoms with Crippen LogP contribution in [0.2, 0.25) is 0 Å². The fourth-order valence-corrected chi connectivity index (χ4v) is 3.48. The minimum absolute atomic E-state index is 0.0434. The number of amides is 2. The van der Waals surface area contributed by atoms with E-state index >= 15 is 0 Å². The number of anilines is 1. The summed E-state index contributed by atoms with van der Waals surface area (Å²) < 4.78 is 5.37. The van der Waals surface area contributed by atoms with Gasteiger partial charge in [0.05, 0.1) is 11.5 Å². The predicted molar refractivity (Wildman–Crippen MR) is 115 cm³/mol. The molecule has 2 heterocycles. The average molecular weight is 461 g/mol. The smallest absolute Gasteiger partial charge is 0.534 e. The fourth-order valence-electron chi connectivity index (χ4n) is 2.94. The van der Waals surface area contributed by atoms with E-state index < -0.39 is 36.9 Å². The van der Waals surface area contributed by atoms with Gasteiger partial charge in [-0.2, -0.15) is 0 Å². The molecule has 32 heavy (non-hydrogen) atoms. The lowest BCUT2D eigenvalue weighted by molar-refractivity contribution is -0.131. The highest BCUT2D eigenvalue weighted by Crippen LogP contribution is 2.30. The number of para-hydroxylation sites is 1. The van der Waals surface area contributed by atoms with Crippen LogP contribution in [0.1, 0.15) is 28.5 Å². The minimum Gasteiger partial charge on any atom is -0.534 e. The maximum atomic E-state index is 12.9. The second kappa shape index (κ2) is 9.66. The lowest BCUT2D eigenvalue weighted by Gasteiger charge is -2.28. The van der Waals surface area contributed by atoms with Crippen LogP contribution >= 0.6 is 11.3 Å². The summed E-state index contributed by atoms with van der Waals surface area (Å²) in [7, 11) is -0.0851. The number of likely N-dealkylation sites (N-methyl/N-ethyl adjacent to an activating group) is 1. The molecule has 2 amide bonds. The first-order valence-corrected chi connectivity index (χ1v) is 10.3. The van der Waals surface area contributed by atoms with Crippen molar-refractivity contribution >= 4 is 47.1 Å². The molecule has 168 valence electrons. The molecule has 6 N–H and O–H groups in total. The summed E-state index contributed by atoms with van der Waals surface area (Å²) in [6.07, 6.45) is -0.880. The van der Waals surface area contributed by atoms with Crippen molar-refractivity contribution in [1.29, 1.82) is 0 Å². The Morgan fingerprint density at radius 3 is 2.81 bits per heavy atom. The lowest BCUT2D eigenvalue weighted by atomic mass is 9.72. The molecule has 1 aliphatic heterocycles. The van der Waals surface area contributed by atoms with Crippen molar-refractivity contribution in [2.45, 2.75) is 25.4 Å². The number of nitrogen functional groups attached to an aromatic ring is 1. The van der Waals surface area contributed by atoms with Gasteiger partial charge in [0, 0.05) is 12.4 Å². The van der Waals surface area contributed by atoms with E-state index in [2.05, 4.69) is 20.8 Å². The molecule has 0 aliphatic carbocycles. The van der Waals surface area contributed by atoms with Gasteiger partial charge >= 0.3 is 13.1 Å². The molecule has 0 fully saturated rings. The third kappa shape index (κ3) is 4.98. The number of benzene rings is 1. The standard InChI is InChI=1S/C18H20BN5O7S/c1-8(15(25)21-2)31-24-13(11-7-32-18(20)22-11)16(26)23-12-6-9-4-3-5-10(17(27)28)14(9)30-19(12)29/h3-5,7-8,12,29H,6H2,1-2H3,(H2,20,22)(H,21,25)(H,23,26)(H,27,28)/b24-13-/t8?,12-/m0/s1. The zero-order valence-electron chi connectivity index (χ0n) is 17.1. The van der Waals surface area contributed by atoms with Crippen LogP contribution in [-0.4, -0.2) is 64.8 Å². The fraction of sp³-hybridized carbons (Fsp3) is 0.278. The number of thiazole rings is 1. The summed E-state index contributed by atoms with van der Waals surface area (Å²) in [4.78, 5) is 45.1. The molecular formula is C18H20BN5O7S. The molecule has 1 unspecified atom stereocenters. The van der Waals surface area contributed by atoms with E-state index in [0.717, 1.165) is 11.3 Å². The van der Waals surface area contributed by atoms with Crippen LogP contribution in [0.5, 0.6) is 5.75 Å². The first-order valence-electron chi connectivity index (χ1n) is 9.38. The number of oxime groups is 1. The van der Waals surface area contributed by atoms with Gasteiger partial charge in [0.1, 0.15) is 11.4 Å². The average Bonchev–Trinajstić information content (AvgIpc) is 3.18. The van der Waals surface area contributed by atoms with E-state index in [4.69, 9.17) is 15.2 Å². The van der Waals surface area contributed by atoms with Crippen molar-refractivity contribution in [3.05, 3.63) is 40.4 Å². The predicted octanol–water partition coefficient (Wildman–Crippen LogP) is -0.582. The van der Waals surface area contributed by atoms with E-state index in [0.29, 0.717) is 5.56 Å². The van der Waals surface area contributed by atoms with Gasteiger partial charge < -0.3 is 36.0 Å². The number of rotatable bonds is 7. The Morgan fingerprint density at radius 1 is 1.44 bits per heavy atom. The SMILES string of the molecule is CNC(=O)C(C)O/N=C(\C(=O)N[C@H]1Cc2cccc(C(=O)O)c2OB1O)c1csc(N)n1. The topological polar surface area (TPSA) is 185 Å². The highest BCUT2D eigenvalue weighted by Gasteiger charge is 2.38. The third-order valence-corrected chi connectivity index (χ3v) is 5.24. The number of carbonyl (C=O) groups is 3. The van der Waals surface area contributed by atoms with Crippen LogP contribution < -0.4 is 21.0 Å². The second-order valence-corrected chi connectivity index (χ2v) is 7.65. The molecule has 1 aliphatic rings. The van der Waals surface area contributed by atoms with Crippen molar-refractivity contribution in [1.82, 2.24) is 15.6 Å². The second-order valence-electron chi connectivity index (χ2n) is 6.76. The molecule has 0 bridgehead atoms. The van der Waals surface area contributed by atoms with Gasteiger partial charge in [-0.15, -0.1) is 11.3 Å². The van der Waals surface area contributed by atoms with E-state index in [1.165, 1.54) is 25.4 Å². The van der Waals surface area contributed by atoms with Crippen LogP contribution in [-0.2, 0) is 20.8 Å². The molecule has 2 aromatic rings.